The molecule has 2 rings (SSSR count). The molecule has 4 nitrogen and oxygen atoms in total. The summed E-state index contributed by atoms with van der Waals surface area (Å²) in [6, 6.07) is 5.45. The standard InChI is InChI=1S/C14H17NO3S/c1-9-8-11(10(2)18-9)12(16)5-6-15-14(17)13-4-3-7-19-13/h3-4,7-8,12,16H,5-6H2,1-2H3,(H,15,17). The minimum absolute atomic E-state index is 0.0951. The molecule has 2 N–H and O–H groups in total. The van der Waals surface area contributed by atoms with Crippen molar-refractivity contribution in [3.05, 3.63) is 45.5 Å². The molecule has 1 atom stereocenters. The predicted molar refractivity (Wildman–Crippen MR) is 74.4 cm³/mol. The van der Waals surface area contributed by atoms with E-state index < -0.39 is 6.10 Å². The van der Waals surface area contributed by atoms with E-state index in [0.29, 0.717) is 17.8 Å². The number of aryl methyl sites for hydroxylation is 2. The summed E-state index contributed by atoms with van der Waals surface area (Å²) in [6.07, 6.45) is -0.141. The first-order valence-corrected chi connectivity index (χ1v) is 7.02. The molecule has 0 radical (unpaired) electrons. The molecule has 0 saturated heterocycles. The van der Waals surface area contributed by atoms with Crippen molar-refractivity contribution >= 4 is 17.2 Å². The fraction of sp³-hybridized carbons (Fsp3) is 0.357. The molecule has 2 aromatic heterocycles. The molecular formula is C14H17NO3S. The summed E-state index contributed by atoms with van der Waals surface area (Å²) in [4.78, 5) is 12.4. The van der Waals surface area contributed by atoms with Crippen molar-refractivity contribution in [3.8, 4) is 0 Å². The number of aliphatic hydroxyl groups excluding tert-OH is 1. The van der Waals surface area contributed by atoms with Crippen LogP contribution in [0.3, 0.4) is 0 Å². The Morgan fingerprint density at radius 3 is 2.89 bits per heavy atom. The molecule has 1 unspecified atom stereocenters. The molecular weight excluding hydrogens is 262 g/mol. The highest BCUT2D eigenvalue weighted by molar-refractivity contribution is 7.12. The highest BCUT2D eigenvalue weighted by Gasteiger charge is 2.15. The average Bonchev–Trinajstić information content (AvgIpc) is 2.98. The molecule has 0 aliphatic heterocycles. The number of rotatable bonds is 5. The number of furan rings is 1. The number of nitrogens with one attached hydrogen (secondary N) is 1. The van der Waals surface area contributed by atoms with Crippen LogP contribution in [0.25, 0.3) is 0 Å². The zero-order valence-electron chi connectivity index (χ0n) is 11.0. The van der Waals surface area contributed by atoms with E-state index in [2.05, 4.69) is 5.32 Å². The first-order chi connectivity index (χ1) is 9.08. The lowest BCUT2D eigenvalue weighted by Crippen LogP contribution is -2.24. The Balaban J connectivity index is 1.83. The minimum Gasteiger partial charge on any atom is -0.466 e. The molecule has 102 valence electrons. The molecule has 5 heteroatoms. The lowest BCUT2D eigenvalue weighted by atomic mass is 10.1. The molecule has 19 heavy (non-hydrogen) atoms. The lowest BCUT2D eigenvalue weighted by molar-refractivity contribution is 0.0946. The molecule has 0 spiro atoms. The normalized spacial score (nSPS) is 12.4. The van der Waals surface area contributed by atoms with Gasteiger partial charge in [-0.25, -0.2) is 0 Å². The Hall–Kier alpha value is -1.59. The summed E-state index contributed by atoms with van der Waals surface area (Å²) in [5, 5.41) is 14.7. The van der Waals surface area contributed by atoms with E-state index in [1.165, 1.54) is 11.3 Å². The Labute approximate surface area is 116 Å². The van der Waals surface area contributed by atoms with E-state index in [4.69, 9.17) is 4.42 Å². The van der Waals surface area contributed by atoms with E-state index in [9.17, 15) is 9.90 Å². The quantitative estimate of drug-likeness (QED) is 0.884. The maximum atomic E-state index is 11.7. The molecule has 2 aromatic rings. The van der Waals surface area contributed by atoms with Gasteiger partial charge >= 0.3 is 0 Å². The largest absolute Gasteiger partial charge is 0.466 e. The van der Waals surface area contributed by atoms with Gasteiger partial charge in [0.15, 0.2) is 0 Å². The van der Waals surface area contributed by atoms with Crippen LogP contribution >= 0.6 is 11.3 Å². The second kappa shape index (κ2) is 6.04. The van der Waals surface area contributed by atoms with Gasteiger partial charge in [0.05, 0.1) is 11.0 Å². The van der Waals surface area contributed by atoms with Gasteiger partial charge < -0.3 is 14.8 Å². The van der Waals surface area contributed by atoms with Crippen LogP contribution in [0, 0.1) is 13.8 Å². The fourth-order valence-corrected chi connectivity index (χ4v) is 2.59. The minimum atomic E-state index is -0.610. The van der Waals surface area contributed by atoms with Crippen molar-refractivity contribution in [1.29, 1.82) is 0 Å². The van der Waals surface area contributed by atoms with Crippen molar-refractivity contribution in [2.45, 2.75) is 26.4 Å². The zero-order chi connectivity index (χ0) is 13.8. The smallest absolute Gasteiger partial charge is 0.261 e. The lowest BCUT2D eigenvalue weighted by Gasteiger charge is -2.10. The number of carbonyl (C=O) groups excluding carboxylic acids is 1. The molecule has 1 amide bonds. The fourth-order valence-electron chi connectivity index (χ4n) is 1.95. The summed E-state index contributed by atoms with van der Waals surface area (Å²) in [5.74, 6) is 1.42. The summed E-state index contributed by atoms with van der Waals surface area (Å²) in [5.41, 5.74) is 0.794. The third-order valence-electron chi connectivity index (χ3n) is 2.89. The molecule has 0 aliphatic carbocycles. The van der Waals surface area contributed by atoms with Crippen LogP contribution in [-0.2, 0) is 0 Å². The summed E-state index contributed by atoms with van der Waals surface area (Å²) < 4.78 is 5.38. The van der Waals surface area contributed by atoms with E-state index in [1.54, 1.807) is 6.07 Å². The van der Waals surface area contributed by atoms with Crippen LogP contribution in [0.1, 0.15) is 39.3 Å². The Kier molecular flexibility index (Phi) is 4.39. The van der Waals surface area contributed by atoms with Crippen molar-refractivity contribution in [2.24, 2.45) is 0 Å². The van der Waals surface area contributed by atoms with Gasteiger partial charge in [0, 0.05) is 12.1 Å². The molecule has 0 bridgehead atoms. The number of hydrogen-bond donors (Lipinski definition) is 2. The highest BCUT2D eigenvalue weighted by Crippen LogP contribution is 2.23. The van der Waals surface area contributed by atoms with E-state index in [-0.39, 0.29) is 5.91 Å². The number of carbonyl (C=O) groups is 1. The van der Waals surface area contributed by atoms with Crippen molar-refractivity contribution < 1.29 is 14.3 Å². The first-order valence-electron chi connectivity index (χ1n) is 6.14. The van der Waals surface area contributed by atoms with E-state index in [1.807, 2.05) is 31.4 Å². The van der Waals surface area contributed by atoms with Gasteiger partial charge in [0.25, 0.3) is 5.91 Å². The van der Waals surface area contributed by atoms with Crippen molar-refractivity contribution in [3.63, 3.8) is 0 Å². The van der Waals surface area contributed by atoms with Crippen LogP contribution in [-0.4, -0.2) is 17.6 Å². The van der Waals surface area contributed by atoms with E-state index in [0.717, 1.165) is 17.1 Å². The number of thiophene rings is 1. The summed E-state index contributed by atoms with van der Waals surface area (Å²) >= 11 is 1.40. The number of amides is 1. The third-order valence-corrected chi connectivity index (χ3v) is 3.76. The topological polar surface area (TPSA) is 62.5 Å². The molecule has 0 saturated carbocycles. The Morgan fingerprint density at radius 2 is 2.32 bits per heavy atom. The highest BCUT2D eigenvalue weighted by atomic mass is 32.1. The first kappa shape index (κ1) is 13.8. The van der Waals surface area contributed by atoms with Crippen molar-refractivity contribution in [2.75, 3.05) is 6.54 Å². The average molecular weight is 279 g/mol. The Morgan fingerprint density at radius 1 is 1.53 bits per heavy atom. The number of hydrogen-bond acceptors (Lipinski definition) is 4. The molecule has 0 aromatic carbocycles. The summed E-state index contributed by atoms with van der Waals surface area (Å²) in [7, 11) is 0. The van der Waals surface area contributed by atoms with Crippen LogP contribution < -0.4 is 5.32 Å². The third kappa shape index (κ3) is 3.45. The SMILES string of the molecule is Cc1cc(C(O)CCNC(=O)c2cccs2)c(C)o1. The molecule has 2 heterocycles. The monoisotopic (exact) mass is 279 g/mol. The van der Waals surface area contributed by atoms with E-state index >= 15 is 0 Å². The Bertz CT molecular complexity index is 545. The maximum absolute atomic E-state index is 11.7. The predicted octanol–water partition coefficient (Wildman–Crippen LogP) is 2.81. The van der Waals surface area contributed by atoms with Crippen LogP contribution in [0.5, 0.6) is 0 Å². The van der Waals surface area contributed by atoms with Gasteiger partial charge in [-0.2, -0.15) is 0 Å². The number of aliphatic hydroxyl groups is 1. The molecule has 0 fully saturated rings. The van der Waals surface area contributed by atoms with Gasteiger partial charge in [-0.3, -0.25) is 4.79 Å². The maximum Gasteiger partial charge on any atom is 0.261 e. The van der Waals surface area contributed by atoms with Gasteiger partial charge in [0.1, 0.15) is 11.5 Å². The second-order valence-electron chi connectivity index (χ2n) is 4.41. The van der Waals surface area contributed by atoms with Crippen LogP contribution in [0.4, 0.5) is 0 Å². The van der Waals surface area contributed by atoms with Crippen LogP contribution in [0.15, 0.2) is 28.0 Å². The summed E-state index contributed by atoms with van der Waals surface area (Å²) in [6.45, 7) is 4.11. The zero-order valence-corrected chi connectivity index (χ0v) is 11.8. The van der Waals surface area contributed by atoms with Gasteiger partial charge in [0.2, 0.25) is 0 Å². The molecule has 0 aliphatic rings. The second-order valence-corrected chi connectivity index (χ2v) is 5.35. The van der Waals surface area contributed by atoms with Crippen molar-refractivity contribution in [1.82, 2.24) is 5.32 Å². The van der Waals surface area contributed by atoms with Gasteiger partial charge in [-0.15, -0.1) is 11.3 Å². The van der Waals surface area contributed by atoms with Gasteiger partial charge in [-0.05, 0) is 37.8 Å². The van der Waals surface area contributed by atoms with Crippen LogP contribution in [0.2, 0.25) is 0 Å². The van der Waals surface area contributed by atoms with Gasteiger partial charge in [-0.1, -0.05) is 6.07 Å².